The molecule has 0 radical (unpaired) electrons. The van der Waals surface area contributed by atoms with Gasteiger partial charge in [-0.1, -0.05) is 24.3 Å². The summed E-state index contributed by atoms with van der Waals surface area (Å²) in [4.78, 5) is 0. The molecule has 4 atom stereocenters. The molecule has 0 aromatic heterocycles. The second kappa shape index (κ2) is 2.59. The van der Waals surface area contributed by atoms with Gasteiger partial charge in [-0.15, -0.1) is 0 Å². The van der Waals surface area contributed by atoms with Crippen molar-refractivity contribution in [2.24, 2.45) is 5.92 Å². The van der Waals surface area contributed by atoms with E-state index < -0.39 is 14.6 Å². The van der Waals surface area contributed by atoms with Crippen molar-refractivity contribution >= 4 is 9.84 Å². The lowest BCUT2D eigenvalue weighted by atomic mass is 9.76. The molecule has 3 heterocycles. The fourth-order valence-electron chi connectivity index (χ4n) is 3.81. The van der Waals surface area contributed by atoms with E-state index >= 15 is 0 Å². The van der Waals surface area contributed by atoms with Crippen molar-refractivity contribution in [2.45, 2.75) is 36.1 Å². The molecule has 17 heavy (non-hydrogen) atoms. The van der Waals surface area contributed by atoms with Crippen molar-refractivity contribution in [1.29, 1.82) is 0 Å². The number of rotatable bonds is 0. The minimum absolute atomic E-state index is 0.0141. The molecule has 0 saturated carbocycles. The van der Waals surface area contributed by atoms with E-state index in [9.17, 15) is 8.42 Å². The second-order valence-corrected chi connectivity index (χ2v) is 8.43. The minimum Gasteiger partial charge on any atom is -0.364 e. The molecule has 1 aromatic rings. The molecule has 2 fully saturated rings. The van der Waals surface area contributed by atoms with E-state index in [4.69, 9.17) is 4.74 Å². The van der Waals surface area contributed by atoms with Crippen molar-refractivity contribution < 1.29 is 13.2 Å². The van der Waals surface area contributed by atoms with E-state index in [1.807, 2.05) is 32.0 Å². The summed E-state index contributed by atoms with van der Waals surface area (Å²) in [6.45, 7) is 3.66. The number of hydrogen-bond acceptors (Lipinski definition) is 3. The highest BCUT2D eigenvalue weighted by Crippen LogP contribution is 2.67. The van der Waals surface area contributed by atoms with E-state index in [0.717, 1.165) is 5.56 Å². The number of ether oxygens (including phenoxy) is 1. The zero-order chi connectivity index (χ0) is 12.0. The zero-order valence-corrected chi connectivity index (χ0v) is 10.6. The van der Waals surface area contributed by atoms with Crippen LogP contribution in [0.4, 0.5) is 0 Å². The summed E-state index contributed by atoms with van der Waals surface area (Å²) in [7, 11) is -3.04. The third-order valence-corrected chi connectivity index (χ3v) is 7.77. The van der Waals surface area contributed by atoms with Gasteiger partial charge < -0.3 is 4.74 Å². The molecule has 3 aliphatic rings. The Morgan fingerprint density at radius 2 is 1.71 bits per heavy atom. The summed E-state index contributed by atoms with van der Waals surface area (Å²) in [5.74, 6) is 0.132. The molecular formula is C13H14O3S. The molecule has 1 aromatic carbocycles. The number of sulfone groups is 1. The maximum atomic E-state index is 12.3. The molecule has 0 spiro atoms. The predicted molar refractivity (Wildman–Crippen MR) is 63.3 cm³/mol. The van der Waals surface area contributed by atoms with Crippen LogP contribution in [0.25, 0.3) is 0 Å². The second-order valence-electron chi connectivity index (χ2n) is 5.75. The Morgan fingerprint density at radius 1 is 1.12 bits per heavy atom. The number of fused-ring (bicyclic) bond motifs is 8. The van der Waals surface area contributed by atoms with Gasteiger partial charge in [0.15, 0.2) is 9.84 Å². The van der Waals surface area contributed by atoms with E-state index in [0.29, 0.717) is 0 Å². The minimum atomic E-state index is -3.04. The van der Waals surface area contributed by atoms with Gasteiger partial charge >= 0.3 is 0 Å². The summed E-state index contributed by atoms with van der Waals surface area (Å²) < 4.78 is 29.8. The summed E-state index contributed by atoms with van der Waals surface area (Å²) in [5.41, 5.74) is 2.28. The van der Waals surface area contributed by atoms with Crippen molar-refractivity contribution in [2.75, 3.05) is 0 Å². The van der Waals surface area contributed by atoms with Gasteiger partial charge in [0.25, 0.3) is 0 Å². The van der Waals surface area contributed by atoms with Crippen LogP contribution in [0.5, 0.6) is 0 Å². The fourth-order valence-corrected chi connectivity index (χ4v) is 6.34. The summed E-state index contributed by atoms with van der Waals surface area (Å²) in [6.07, 6.45) is -0.237. The van der Waals surface area contributed by atoms with Gasteiger partial charge in [0.2, 0.25) is 0 Å². The van der Waals surface area contributed by atoms with Gasteiger partial charge in [0.05, 0.1) is 16.1 Å². The highest BCUT2D eigenvalue weighted by atomic mass is 32.2. The first-order valence-electron chi connectivity index (χ1n) is 5.94. The van der Waals surface area contributed by atoms with E-state index in [-0.39, 0.29) is 23.4 Å². The zero-order valence-electron chi connectivity index (χ0n) is 9.75. The third-order valence-electron chi connectivity index (χ3n) is 4.78. The lowest BCUT2D eigenvalue weighted by Crippen LogP contribution is -2.63. The van der Waals surface area contributed by atoms with Crippen molar-refractivity contribution in [1.82, 2.24) is 0 Å². The topological polar surface area (TPSA) is 43.4 Å². The summed E-state index contributed by atoms with van der Waals surface area (Å²) >= 11 is 0. The standard InChI is InChI=1S/C13H14O3S/c1-13(2)9-10-7-5-3-4-6-8(7)11(16-10)12(9)17(13,14)15/h3-6,9-12H,1-2H3. The Kier molecular flexibility index (Phi) is 1.54. The highest BCUT2D eigenvalue weighted by molar-refractivity contribution is 7.95. The molecule has 3 nitrogen and oxygen atoms in total. The van der Waals surface area contributed by atoms with Gasteiger partial charge in [0.1, 0.15) is 6.10 Å². The molecule has 2 saturated heterocycles. The Balaban J connectivity index is 1.94. The highest BCUT2D eigenvalue weighted by Gasteiger charge is 2.73. The maximum absolute atomic E-state index is 12.3. The SMILES string of the molecule is CC1(C)C2C3OC(c4ccccc43)C2S1(=O)=O. The largest absolute Gasteiger partial charge is 0.364 e. The first kappa shape index (κ1) is 10.1. The Morgan fingerprint density at radius 3 is 2.35 bits per heavy atom. The number of benzene rings is 1. The van der Waals surface area contributed by atoms with Crippen molar-refractivity contribution in [3.05, 3.63) is 35.4 Å². The van der Waals surface area contributed by atoms with Crippen LogP contribution in [0.1, 0.15) is 37.2 Å². The lowest BCUT2D eigenvalue weighted by Gasteiger charge is -2.50. The molecule has 4 rings (SSSR count). The van der Waals surface area contributed by atoms with Gasteiger partial charge in [-0.05, 0) is 25.0 Å². The smallest absolute Gasteiger partial charge is 0.162 e. The Labute approximate surface area is 101 Å². The summed E-state index contributed by atoms with van der Waals surface area (Å²) in [6, 6.07) is 8.01. The lowest BCUT2D eigenvalue weighted by molar-refractivity contribution is 0.0582. The third kappa shape index (κ3) is 0.858. The molecule has 90 valence electrons. The molecule has 3 aliphatic heterocycles. The predicted octanol–water partition coefficient (Wildman–Crippen LogP) is 2.00. The molecule has 4 heteroatoms. The van der Waals surface area contributed by atoms with Crippen LogP contribution < -0.4 is 0 Å². The van der Waals surface area contributed by atoms with E-state index in [1.165, 1.54) is 5.56 Å². The van der Waals surface area contributed by atoms with Gasteiger partial charge in [-0.3, -0.25) is 0 Å². The molecule has 4 unspecified atom stereocenters. The van der Waals surface area contributed by atoms with Gasteiger partial charge in [-0.2, -0.15) is 0 Å². The van der Waals surface area contributed by atoms with Crippen molar-refractivity contribution in [3.8, 4) is 0 Å². The van der Waals surface area contributed by atoms with Crippen LogP contribution >= 0.6 is 0 Å². The Hall–Kier alpha value is -0.870. The average Bonchev–Trinajstić information content (AvgIpc) is 2.84. The van der Waals surface area contributed by atoms with Crippen LogP contribution in [-0.4, -0.2) is 18.4 Å². The van der Waals surface area contributed by atoms with Crippen LogP contribution in [-0.2, 0) is 14.6 Å². The monoisotopic (exact) mass is 250 g/mol. The molecular weight excluding hydrogens is 236 g/mol. The van der Waals surface area contributed by atoms with Crippen LogP contribution in [0.2, 0.25) is 0 Å². The van der Waals surface area contributed by atoms with Crippen LogP contribution in [0.15, 0.2) is 24.3 Å². The molecule has 2 bridgehead atoms. The maximum Gasteiger partial charge on any atom is 0.162 e. The quantitative estimate of drug-likeness (QED) is 0.707. The average molecular weight is 250 g/mol. The van der Waals surface area contributed by atoms with E-state index in [1.54, 1.807) is 0 Å². The van der Waals surface area contributed by atoms with Gasteiger partial charge in [-0.25, -0.2) is 8.42 Å². The van der Waals surface area contributed by atoms with Crippen LogP contribution in [0.3, 0.4) is 0 Å². The van der Waals surface area contributed by atoms with Crippen molar-refractivity contribution in [3.63, 3.8) is 0 Å². The fraction of sp³-hybridized carbons (Fsp3) is 0.538. The molecule has 0 N–H and O–H groups in total. The summed E-state index contributed by atoms with van der Waals surface area (Å²) in [5, 5.41) is -0.308. The normalized spacial score (nSPS) is 42.7. The number of hydrogen-bond donors (Lipinski definition) is 0. The molecule has 0 aliphatic carbocycles. The first-order valence-corrected chi connectivity index (χ1v) is 7.48. The van der Waals surface area contributed by atoms with Gasteiger partial charge in [0, 0.05) is 5.92 Å². The first-order chi connectivity index (χ1) is 7.96. The van der Waals surface area contributed by atoms with Crippen LogP contribution in [0, 0.1) is 5.92 Å². The molecule has 0 amide bonds. The van der Waals surface area contributed by atoms with E-state index in [2.05, 4.69) is 6.07 Å². The Bertz CT molecular complexity index is 617.